The van der Waals surface area contributed by atoms with Crippen molar-refractivity contribution in [2.24, 2.45) is 0 Å². The quantitative estimate of drug-likeness (QED) is 0.181. The first-order valence-electron chi connectivity index (χ1n) is 17.5. The molecule has 8 aromatic carbocycles. The van der Waals surface area contributed by atoms with Crippen molar-refractivity contribution in [1.29, 1.82) is 0 Å². The summed E-state index contributed by atoms with van der Waals surface area (Å²) in [6.07, 6.45) is 0. The monoisotopic (exact) mass is 683 g/mol. The lowest BCUT2D eigenvalue weighted by Gasteiger charge is -2.25. The van der Waals surface area contributed by atoms with Crippen LogP contribution in [0.5, 0.6) is 0 Å². The number of benzene rings is 8. The highest BCUT2D eigenvalue weighted by Gasteiger charge is 2.18. The summed E-state index contributed by atoms with van der Waals surface area (Å²) < 4.78 is 15.6. The van der Waals surface area contributed by atoms with Gasteiger partial charge in [0.05, 0.1) is 0 Å². The molecule has 0 atom stereocenters. The van der Waals surface area contributed by atoms with Gasteiger partial charge in [-0.15, -0.1) is 11.3 Å². The first kappa shape index (κ1) is 29.1. The third-order valence-electron chi connectivity index (χ3n) is 10.3. The fourth-order valence-corrected chi connectivity index (χ4v) is 8.91. The number of nitrogens with zero attached hydrogens (tertiary/aromatic N) is 1. The van der Waals surface area contributed by atoms with Crippen LogP contribution in [0.1, 0.15) is 0 Å². The van der Waals surface area contributed by atoms with Gasteiger partial charge in [-0.1, -0.05) is 103 Å². The molecule has 244 valence electrons. The van der Waals surface area contributed by atoms with Gasteiger partial charge in [-0.3, -0.25) is 0 Å². The van der Waals surface area contributed by atoms with E-state index < -0.39 is 0 Å². The van der Waals surface area contributed by atoms with Crippen LogP contribution in [0, 0.1) is 0 Å². The Morgan fingerprint density at radius 1 is 0.346 bits per heavy atom. The highest BCUT2D eigenvalue weighted by atomic mass is 32.1. The van der Waals surface area contributed by atoms with E-state index in [1.807, 2.05) is 23.5 Å². The Balaban J connectivity index is 1.04. The molecule has 0 saturated heterocycles. The lowest BCUT2D eigenvalue weighted by atomic mass is 9.98. The molecule has 0 aliphatic rings. The summed E-state index contributed by atoms with van der Waals surface area (Å²) in [6, 6.07) is 62.4. The average Bonchev–Trinajstić information content (AvgIpc) is 3.89. The van der Waals surface area contributed by atoms with Crippen molar-refractivity contribution in [2.45, 2.75) is 0 Å². The first-order valence-corrected chi connectivity index (χ1v) is 18.3. The van der Waals surface area contributed by atoms with E-state index in [-0.39, 0.29) is 0 Å². The lowest BCUT2D eigenvalue weighted by molar-refractivity contribution is 0.669. The summed E-state index contributed by atoms with van der Waals surface area (Å²) in [5.41, 5.74) is 11.4. The largest absolute Gasteiger partial charge is 0.455 e. The van der Waals surface area contributed by atoms with Gasteiger partial charge in [0.2, 0.25) is 0 Å². The minimum absolute atomic E-state index is 0.872. The van der Waals surface area contributed by atoms with Gasteiger partial charge in [0.1, 0.15) is 22.3 Å². The van der Waals surface area contributed by atoms with Crippen molar-refractivity contribution in [3.05, 3.63) is 176 Å². The van der Waals surface area contributed by atoms with Crippen LogP contribution in [0.3, 0.4) is 0 Å². The van der Waals surface area contributed by atoms with E-state index in [0.29, 0.717) is 0 Å². The summed E-state index contributed by atoms with van der Waals surface area (Å²) in [5, 5.41) is 6.95. The number of para-hydroxylation sites is 5. The Hall–Kier alpha value is -6.62. The lowest BCUT2D eigenvalue weighted by Crippen LogP contribution is -2.09. The number of hydrogen-bond acceptors (Lipinski definition) is 4. The van der Waals surface area contributed by atoms with Crippen molar-refractivity contribution in [3.8, 4) is 22.3 Å². The topological polar surface area (TPSA) is 29.5 Å². The van der Waals surface area contributed by atoms with E-state index in [0.717, 1.165) is 83.2 Å². The Labute approximate surface area is 303 Å². The maximum absolute atomic E-state index is 6.67. The molecule has 3 heterocycles. The minimum atomic E-state index is 0.872. The predicted octanol–water partition coefficient (Wildman–Crippen LogP) is 14.7. The summed E-state index contributed by atoms with van der Waals surface area (Å²) in [4.78, 5) is 2.32. The van der Waals surface area contributed by atoms with Crippen molar-refractivity contribution in [1.82, 2.24) is 0 Å². The fourth-order valence-electron chi connectivity index (χ4n) is 7.84. The number of anilines is 3. The van der Waals surface area contributed by atoms with E-state index in [2.05, 4.69) is 169 Å². The van der Waals surface area contributed by atoms with Crippen LogP contribution in [0.2, 0.25) is 0 Å². The molecule has 0 unspecified atom stereocenters. The molecule has 3 nitrogen and oxygen atoms in total. The van der Waals surface area contributed by atoms with E-state index >= 15 is 0 Å². The Morgan fingerprint density at radius 2 is 0.865 bits per heavy atom. The summed E-state index contributed by atoms with van der Waals surface area (Å²) in [6.45, 7) is 0. The average molecular weight is 684 g/mol. The number of thiophene rings is 1. The Kier molecular flexibility index (Phi) is 6.42. The zero-order chi connectivity index (χ0) is 34.2. The second-order valence-electron chi connectivity index (χ2n) is 13.3. The highest BCUT2D eigenvalue weighted by Crippen LogP contribution is 2.44. The molecule has 0 N–H and O–H groups in total. The SMILES string of the molecule is c1ccc(N(c2ccccc2)c2ccc3sc4ccc(-c5cccc6c5oc5ccc(-c7cccc8c7oc7ccccc78)cc56)cc4c3c2)cc1. The van der Waals surface area contributed by atoms with Gasteiger partial charge in [0.25, 0.3) is 0 Å². The second kappa shape index (κ2) is 11.5. The van der Waals surface area contributed by atoms with Crippen LogP contribution in [-0.2, 0) is 0 Å². The Morgan fingerprint density at radius 3 is 1.56 bits per heavy atom. The first-order chi connectivity index (χ1) is 25.8. The van der Waals surface area contributed by atoms with E-state index in [9.17, 15) is 0 Å². The van der Waals surface area contributed by atoms with Crippen LogP contribution in [0.15, 0.2) is 185 Å². The smallest absolute Gasteiger partial charge is 0.143 e. The van der Waals surface area contributed by atoms with Gasteiger partial charge in [0.15, 0.2) is 0 Å². The van der Waals surface area contributed by atoms with Gasteiger partial charge in [0, 0.05) is 69.9 Å². The zero-order valence-electron chi connectivity index (χ0n) is 27.9. The molecule has 0 saturated carbocycles. The van der Waals surface area contributed by atoms with Gasteiger partial charge < -0.3 is 13.7 Å². The predicted molar refractivity (Wildman–Crippen MR) is 219 cm³/mol. The summed E-state index contributed by atoms with van der Waals surface area (Å²) in [7, 11) is 0. The third kappa shape index (κ3) is 4.51. The van der Waals surface area contributed by atoms with Crippen molar-refractivity contribution in [2.75, 3.05) is 4.90 Å². The van der Waals surface area contributed by atoms with Gasteiger partial charge in [-0.05, 0) is 83.9 Å². The standard InChI is InChI=1S/C48H29NO2S/c1-3-11-32(12-4-1)49(33-13-5-2-6-14-33)34-23-26-46-42(29-34)41-28-31(22-25-45(41)52-46)36-17-10-19-39-40-27-30(21-24-44(40)51-48(36)39)35-16-9-18-38-37-15-7-8-20-43(37)50-47(35)38/h1-29H. The van der Waals surface area contributed by atoms with Gasteiger partial charge in [-0.25, -0.2) is 0 Å². The molecule has 11 aromatic rings. The number of fused-ring (bicyclic) bond motifs is 9. The molecular weight excluding hydrogens is 655 g/mol. The molecular formula is C48H29NO2S. The molecule has 0 aliphatic heterocycles. The molecule has 52 heavy (non-hydrogen) atoms. The van der Waals surface area contributed by atoms with Crippen LogP contribution >= 0.6 is 11.3 Å². The molecule has 3 aromatic heterocycles. The van der Waals surface area contributed by atoms with Gasteiger partial charge in [-0.2, -0.15) is 0 Å². The molecule has 11 rings (SSSR count). The van der Waals surface area contributed by atoms with Crippen LogP contribution in [0.4, 0.5) is 17.1 Å². The fraction of sp³-hybridized carbons (Fsp3) is 0. The maximum Gasteiger partial charge on any atom is 0.143 e. The van der Waals surface area contributed by atoms with E-state index in [1.54, 1.807) is 0 Å². The van der Waals surface area contributed by atoms with E-state index in [4.69, 9.17) is 8.83 Å². The van der Waals surface area contributed by atoms with Crippen LogP contribution in [-0.4, -0.2) is 0 Å². The molecule has 0 spiro atoms. The zero-order valence-corrected chi connectivity index (χ0v) is 28.7. The maximum atomic E-state index is 6.67. The normalized spacial score (nSPS) is 11.8. The van der Waals surface area contributed by atoms with Crippen molar-refractivity contribution in [3.63, 3.8) is 0 Å². The molecule has 0 aliphatic carbocycles. The molecule has 4 heteroatoms. The van der Waals surface area contributed by atoms with Gasteiger partial charge >= 0.3 is 0 Å². The Bertz CT molecular complexity index is 3090. The van der Waals surface area contributed by atoms with E-state index in [1.165, 1.54) is 20.2 Å². The van der Waals surface area contributed by atoms with Crippen molar-refractivity contribution < 1.29 is 8.83 Å². The van der Waals surface area contributed by atoms with Crippen LogP contribution in [0.25, 0.3) is 86.3 Å². The number of hydrogen-bond donors (Lipinski definition) is 0. The number of rotatable bonds is 5. The third-order valence-corrected chi connectivity index (χ3v) is 11.4. The molecule has 0 fully saturated rings. The molecule has 0 bridgehead atoms. The van der Waals surface area contributed by atoms with Crippen LogP contribution < -0.4 is 4.90 Å². The molecule has 0 radical (unpaired) electrons. The minimum Gasteiger partial charge on any atom is -0.455 e. The van der Waals surface area contributed by atoms with Crippen molar-refractivity contribution >= 4 is 92.4 Å². The highest BCUT2D eigenvalue weighted by molar-refractivity contribution is 7.25. The summed E-state index contributed by atoms with van der Waals surface area (Å²) in [5.74, 6) is 0. The molecule has 0 amide bonds. The number of furan rings is 2. The summed E-state index contributed by atoms with van der Waals surface area (Å²) >= 11 is 1.84. The second-order valence-corrected chi connectivity index (χ2v) is 14.4.